The summed E-state index contributed by atoms with van der Waals surface area (Å²) in [4.78, 5) is 10.5. The van der Waals surface area contributed by atoms with E-state index in [-0.39, 0.29) is 5.92 Å². The Labute approximate surface area is 96.9 Å². The Balaban J connectivity index is 2.31. The van der Waals surface area contributed by atoms with Crippen LogP contribution in [0, 0.1) is 5.92 Å². The molecule has 1 atom stereocenters. The lowest BCUT2D eigenvalue weighted by Crippen LogP contribution is -2.08. The van der Waals surface area contributed by atoms with Crippen LogP contribution in [-0.4, -0.2) is 11.1 Å². The average molecular weight is 273 g/mol. The van der Waals surface area contributed by atoms with Gasteiger partial charge in [-0.25, -0.2) is 0 Å². The summed E-state index contributed by atoms with van der Waals surface area (Å²) in [6, 6.07) is 3.67. The van der Waals surface area contributed by atoms with Crippen molar-refractivity contribution in [2.45, 2.75) is 19.8 Å². The highest BCUT2D eigenvalue weighted by Crippen LogP contribution is 2.15. The molecule has 3 nitrogen and oxygen atoms in total. The molecule has 4 heteroatoms. The molecule has 0 radical (unpaired) electrons. The maximum Gasteiger partial charge on any atom is 0.306 e. The van der Waals surface area contributed by atoms with Crippen molar-refractivity contribution in [1.29, 1.82) is 0 Å². The van der Waals surface area contributed by atoms with Gasteiger partial charge in [0.1, 0.15) is 5.76 Å². The minimum atomic E-state index is -0.746. The van der Waals surface area contributed by atoms with E-state index in [0.29, 0.717) is 11.1 Å². The van der Waals surface area contributed by atoms with E-state index in [1.165, 1.54) is 0 Å². The number of carboxylic acid groups (broad SMARTS) is 1. The zero-order valence-corrected chi connectivity index (χ0v) is 10.0. The lowest BCUT2D eigenvalue weighted by molar-refractivity contribution is -0.141. The summed E-state index contributed by atoms with van der Waals surface area (Å²) >= 11 is 3.21. The van der Waals surface area contributed by atoms with Gasteiger partial charge in [0, 0.05) is 0 Å². The second kappa shape index (κ2) is 5.75. The fourth-order valence-corrected chi connectivity index (χ4v) is 1.41. The Bertz CT molecular complexity index is 354. The van der Waals surface area contributed by atoms with Gasteiger partial charge in [0.25, 0.3) is 0 Å². The smallest absolute Gasteiger partial charge is 0.306 e. The largest absolute Gasteiger partial charge is 0.481 e. The lowest BCUT2D eigenvalue weighted by Gasteiger charge is -2.01. The van der Waals surface area contributed by atoms with Crippen LogP contribution in [0.5, 0.6) is 0 Å². The minimum absolute atomic E-state index is 0.294. The third-order valence-electron chi connectivity index (χ3n) is 2.06. The van der Waals surface area contributed by atoms with E-state index in [2.05, 4.69) is 15.9 Å². The molecule has 0 bridgehead atoms. The number of furan rings is 1. The fraction of sp³-hybridized carbons (Fsp3) is 0.364. The van der Waals surface area contributed by atoms with E-state index < -0.39 is 5.97 Å². The van der Waals surface area contributed by atoms with Gasteiger partial charge in [0.05, 0.1) is 5.92 Å². The van der Waals surface area contributed by atoms with Crippen LogP contribution in [0.25, 0.3) is 6.08 Å². The van der Waals surface area contributed by atoms with Gasteiger partial charge in [-0.2, -0.15) is 0 Å². The van der Waals surface area contributed by atoms with Crippen molar-refractivity contribution in [3.8, 4) is 0 Å². The molecule has 0 aliphatic heterocycles. The highest BCUT2D eigenvalue weighted by molar-refractivity contribution is 9.10. The van der Waals surface area contributed by atoms with Crippen LogP contribution in [-0.2, 0) is 4.79 Å². The molecule has 0 aliphatic rings. The summed E-state index contributed by atoms with van der Waals surface area (Å²) < 4.78 is 5.95. The van der Waals surface area contributed by atoms with E-state index >= 15 is 0 Å². The van der Waals surface area contributed by atoms with Crippen LogP contribution in [0.1, 0.15) is 25.5 Å². The first-order valence-corrected chi connectivity index (χ1v) is 5.53. The predicted octanol–water partition coefficient (Wildman–Crippen LogP) is 3.56. The number of hydrogen-bond donors (Lipinski definition) is 1. The summed E-state index contributed by atoms with van der Waals surface area (Å²) in [5, 5.41) is 8.65. The molecule has 1 rings (SSSR count). The van der Waals surface area contributed by atoms with Gasteiger partial charge in [-0.3, -0.25) is 4.79 Å². The van der Waals surface area contributed by atoms with Crippen molar-refractivity contribution in [2.75, 3.05) is 0 Å². The van der Waals surface area contributed by atoms with E-state index in [0.717, 1.165) is 12.2 Å². The van der Waals surface area contributed by atoms with Gasteiger partial charge in [-0.15, -0.1) is 0 Å². The number of rotatable bonds is 5. The number of halogens is 1. The molecular formula is C11H13BrO3. The third-order valence-corrected chi connectivity index (χ3v) is 2.49. The molecular weight excluding hydrogens is 260 g/mol. The fourth-order valence-electron chi connectivity index (χ4n) is 1.09. The standard InChI is InChI=1S/C11H13BrO3/c1-8(11(13)14)4-2-3-5-9-6-7-10(12)15-9/h3,5-8H,2,4H2,1H3,(H,13,14). The number of carboxylic acids is 1. The summed E-state index contributed by atoms with van der Waals surface area (Å²) in [5.41, 5.74) is 0. The molecule has 1 aromatic heterocycles. The minimum Gasteiger partial charge on any atom is -0.481 e. The van der Waals surface area contributed by atoms with Crippen molar-refractivity contribution in [3.05, 3.63) is 28.6 Å². The molecule has 0 spiro atoms. The number of hydrogen-bond acceptors (Lipinski definition) is 2. The Morgan fingerprint density at radius 1 is 1.67 bits per heavy atom. The van der Waals surface area contributed by atoms with E-state index in [1.54, 1.807) is 6.92 Å². The second-order valence-electron chi connectivity index (χ2n) is 3.36. The van der Waals surface area contributed by atoms with Crippen molar-refractivity contribution < 1.29 is 14.3 Å². The summed E-state index contributed by atoms with van der Waals surface area (Å²) in [5.74, 6) is -0.271. The molecule has 1 aromatic rings. The van der Waals surface area contributed by atoms with Crippen LogP contribution >= 0.6 is 15.9 Å². The summed E-state index contributed by atoms with van der Waals surface area (Å²) in [7, 11) is 0. The topological polar surface area (TPSA) is 50.4 Å². The Morgan fingerprint density at radius 2 is 2.40 bits per heavy atom. The highest BCUT2D eigenvalue weighted by Gasteiger charge is 2.08. The van der Waals surface area contributed by atoms with Gasteiger partial charge in [-0.05, 0) is 47.0 Å². The first-order chi connectivity index (χ1) is 7.09. The third kappa shape index (κ3) is 4.34. The van der Waals surface area contributed by atoms with Gasteiger partial charge in [0.15, 0.2) is 4.67 Å². The molecule has 0 aromatic carbocycles. The van der Waals surface area contributed by atoms with Crippen LogP contribution < -0.4 is 0 Å². The lowest BCUT2D eigenvalue weighted by atomic mass is 10.1. The predicted molar refractivity (Wildman–Crippen MR) is 61.5 cm³/mol. The van der Waals surface area contributed by atoms with Crippen molar-refractivity contribution in [3.63, 3.8) is 0 Å². The highest BCUT2D eigenvalue weighted by atomic mass is 79.9. The number of allylic oxidation sites excluding steroid dienone is 1. The molecule has 1 heterocycles. The Kier molecular flexibility index (Phi) is 4.62. The van der Waals surface area contributed by atoms with Crippen molar-refractivity contribution in [1.82, 2.24) is 0 Å². The first kappa shape index (κ1) is 12.0. The van der Waals surface area contributed by atoms with Crippen molar-refractivity contribution >= 4 is 28.0 Å². The zero-order valence-electron chi connectivity index (χ0n) is 8.44. The van der Waals surface area contributed by atoms with Crippen molar-refractivity contribution in [2.24, 2.45) is 5.92 Å². The van der Waals surface area contributed by atoms with Gasteiger partial charge < -0.3 is 9.52 Å². The quantitative estimate of drug-likeness (QED) is 0.892. The van der Waals surface area contributed by atoms with Gasteiger partial charge >= 0.3 is 5.97 Å². The molecule has 0 fully saturated rings. The molecule has 82 valence electrons. The van der Waals surface area contributed by atoms with Gasteiger partial charge in [-0.1, -0.05) is 13.0 Å². The Hall–Kier alpha value is -1.03. The van der Waals surface area contributed by atoms with E-state index in [1.807, 2.05) is 24.3 Å². The maximum absolute atomic E-state index is 10.5. The normalized spacial score (nSPS) is 13.2. The summed E-state index contributed by atoms with van der Waals surface area (Å²) in [6.07, 6.45) is 5.16. The van der Waals surface area contributed by atoms with Crippen LogP contribution in [0.4, 0.5) is 0 Å². The van der Waals surface area contributed by atoms with E-state index in [4.69, 9.17) is 9.52 Å². The SMILES string of the molecule is CC(CCC=Cc1ccc(Br)o1)C(=O)O. The monoisotopic (exact) mass is 272 g/mol. The van der Waals surface area contributed by atoms with Gasteiger partial charge in [0.2, 0.25) is 0 Å². The molecule has 1 N–H and O–H groups in total. The van der Waals surface area contributed by atoms with Crippen LogP contribution in [0.3, 0.4) is 0 Å². The first-order valence-electron chi connectivity index (χ1n) is 4.74. The molecule has 1 unspecified atom stereocenters. The van der Waals surface area contributed by atoms with Crippen LogP contribution in [0.2, 0.25) is 0 Å². The molecule has 0 saturated carbocycles. The van der Waals surface area contributed by atoms with E-state index in [9.17, 15) is 4.79 Å². The average Bonchev–Trinajstić information content (AvgIpc) is 2.58. The van der Waals surface area contributed by atoms with Crippen LogP contribution in [0.15, 0.2) is 27.3 Å². The molecule has 0 aliphatic carbocycles. The second-order valence-corrected chi connectivity index (χ2v) is 4.14. The molecule has 0 saturated heterocycles. The summed E-state index contributed by atoms with van der Waals surface area (Å²) in [6.45, 7) is 1.71. The number of aliphatic carboxylic acids is 1. The Morgan fingerprint density at radius 3 is 2.93 bits per heavy atom. The molecule has 0 amide bonds. The number of carbonyl (C=O) groups is 1. The molecule has 15 heavy (non-hydrogen) atoms. The zero-order chi connectivity index (χ0) is 11.3. The maximum atomic E-state index is 10.5.